The van der Waals surface area contributed by atoms with Crippen molar-refractivity contribution >= 4 is 22.6 Å². The van der Waals surface area contributed by atoms with E-state index in [-0.39, 0.29) is 0 Å². The van der Waals surface area contributed by atoms with E-state index in [1.165, 1.54) is 3.58 Å². The highest BCUT2D eigenvalue weighted by molar-refractivity contribution is 14.1. The molecule has 0 bridgehead atoms. The van der Waals surface area contributed by atoms with Crippen molar-refractivity contribution in [3.8, 4) is 0 Å². The molecule has 7 heavy (non-hydrogen) atoms. The van der Waals surface area contributed by atoms with E-state index in [0.29, 0.717) is 0 Å². The molecule has 40 valence electrons. The van der Waals surface area contributed by atoms with Crippen molar-refractivity contribution in [3.05, 3.63) is 21.8 Å². The van der Waals surface area contributed by atoms with Crippen LogP contribution in [0.5, 0.6) is 0 Å². The van der Waals surface area contributed by atoms with Gasteiger partial charge in [0, 0.05) is 3.58 Å². The van der Waals surface area contributed by atoms with Gasteiger partial charge in [-0.15, -0.1) is 0 Å². The third-order valence-electron chi connectivity index (χ3n) is 0.602. The highest BCUT2D eigenvalue weighted by Gasteiger charge is 1.72. The zero-order valence-electron chi connectivity index (χ0n) is 4.61. The van der Waals surface area contributed by atoms with Crippen LogP contribution in [0.25, 0.3) is 0 Å². The summed E-state index contributed by atoms with van der Waals surface area (Å²) in [6.45, 7) is 4.05. The predicted molar refractivity (Wildman–Crippen MR) is 42.6 cm³/mol. The Labute approximate surface area is 58.4 Å². The van der Waals surface area contributed by atoms with Crippen LogP contribution in [0, 0.1) is 0 Å². The fraction of sp³-hybridized carbons (Fsp3) is 0.333. The van der Waals surface area contributed by atoms with Crippen LogP contribution >= 0.6 is 22.6 Å². The smallest absolute Gasteiger partial charge is 0.00839 e. The van der Waals surface area contributed by atoms with Crippen molar-refractivity contribution in [2.75, 3.05) is 0 Å². The van der Waals surface area contributed by atoms with Gasteiger partial charge in [-0.1, -0.05) is 18.2 Å². The Morgan fingerprint density at radius 3 is 2.14 bits per heavy atom. The molecular weight excluding hydrogens is 199 g/mol. The molecule has 0 aliphatic carbocycles. The van der Waals surface area contributed by atoms with E-state index in [1.54, 1.807) is 0 Å². The second kappa shape index (κ2) is 4.37. The predicted octanol–water partition coefficient (Wildman–Crippen LogP) is 2.90. The van der Waals surface area contributed by atoms with Gasteiger partial charge in [0.2, 0.25) is 0 Å². The molecule has 0 radical (unpaired) electrons. The normalized spacial score (nSPS) is 13.3. The Bertz CT molecular complexity index is 90.4. The zero-order valence-corrected chi connectivity index (χ0v) is 6.77. The van der Waals surface area contributed by atoms with E-state index >= 15 is 0 Å². The summed E-state index contributed by atoms with van der Waals surface area (Å²) in [4.78, 5) is 0. The maximum atomic E-state index is 2.28. The van der Waals surface area contributed by atoms with Crippen LogP contribution in [0.1, 0.15) is 13.8 Å². The average Bonchev–Trinajstić information content (AvgIpc) is 1.68. The van der Waals surface area contributed by atoms with Crippen molar-refractivity contribution in [2.24, 2.45) is 0 Å². The number of rotatable bonds is 1. The van der Waals surface area contributed by atoms with Crippen LogP contribution in [0.15, 0.2) is 21.8 Å². The average molecular weight is 208 g/mol. The van der Waals surface area contributed by atoms with Crippen LogP contribution in [0.4, 0.5) is 0 Å². The summed E-state index contributed by atoms with van der Waals surface area (Å²) in [6, 6.07) is 0. The Kier molecular flexibility index (Phi) is 4.50. The van der Waals surface area contributed by atoms with Crippen LogP contribution in [0.2, 0.25) is 0 Å². The number of halogens is 1. The molecule has 0 aromatic rings. The van der Waals surface area contributed by atoms with Crippen LogP contribution in [0.3, 0.4) is 0 Å². The molecule has 0 fully saturated rings. The number of allylic oxidation sites excluding steroid dienone is 4. The monoisotopic (exact) mass is 208 g/mol. The highest BCUT2D eigenvalue weighted by Crippen LogP contribution is 2.05. The Hall–Kier alpha value is 0.210. The van der Waals surface area contributed by atoms with Crippen molar-refractivity contribution in [1.29, 1.82) is 0 Å². The molecular formula is C6H9I. The molecule has 0 atom stereocenters. The molecule has 0 aromatic carbocycles. The quantitative estimate of drug-likeness (QED) is 0.459. The number of hydrogen-bond acceptors (Lipinski definition) is 0. The topological polar surface area (TPSA) is 0 Å². The summed E-state index contributed by atoms with van der Waals surface area (Å²) < 4.78 is 1.29. The molecule has 0 spiro atoms. The molecule has 0 N–H and O–H groups in total. The molecule has 0 aliphatic heterocycles. The van der Waals surface area contributed by atoms with E-state index in [2.05, 4.69) is 34.7 Å². The Balaban J connectivity index is 3.58. The third kappa shape index (κ3) is 4.05. The van der Waals surface area contributed by atoms with Gasteiger partial charge in [-0.05, 0) is 36.4 Å². The fourth-order valence-corrected chi connectivity index (χ4v) is 0.615. The zero-order chi connectivity index (χ0) is 5.70. The molecule has 0 aromatic heterocycles. The summed E-state index contributed by atoms with van der Waals surface area (Å²) in [6.07, 6.45) is 6.17. The summed E-state index contributed by atoms with van der Waals surface area (Å²) in [5, 5.41) is 0. The van der Waals surface area contributed by atoms with E-state index in [9.17, 15) is 0 Å². The van der Waals surface area contributed by atoms with Crippen LogP contribution in [-0.2, 0) is 0 Å². The highest BCUT2D eigenvalue weighted by atomic mass is 127. The van der Waals surface area contributed by atoms with Gasteiger partial charge < -0.3 is 0 Å². The minimum absolute atomic E-state index is 1.29. The van der Waals surface area contributed by atoms with Gasteiger partial charge in [0.15, 0.2) is 0 Å². The maximum absolute atomic E-state index is 2.28. The molecule has 1 heteroatoms. The van der Waals surface area contributed by atoms with E-state index in [0.717, 1.165) is 0 Å². The van der Waals surface area contributed by atoms with E-state index in [4.69, 9.17) is 0 Å². The lowest BCUT2D eigenvalue weighted by atomic mass is 10.5. The van der Waals surface area contributed by atoms with Crippen LogP contribution < -0.4 is 0 Å². The molecule has 0 nitrogen and oxygen atoms in total. The van der Waals surface area contributed by atoms with E-state index in [1.807, 2.05) is 19.9 Å². The van der Waals surface area contributed by atoms with E-state index < -0.39 is 0 Å². The first-order valence-corrected chi connectivity index (χ1v) is 3.33. The van der Waals surface area contributed by atoms with Gasteiger partial charge in [0.1, 0.15) is 0 Å². The minimum Gasteiger partial charge on any atom is -0.0866 e. The lowest BCUT2D eigenvalue weighted by Crippen LogP contribution is -1.53. The van der Waals surface area contributed by atoms with Crippen molar-refractivity contribution in [1.82, 2.24) is 0 Å². The van der Waals surface area contributed by atoms with Crippen molar-refractivity contribution in [2.45, 2.75) is 13.8 Å². The fourth-order valence-electron chi connectivity index (χ4n) is 0.255. The van der Waals surface area contributed by atoms with Gasteiger partial charge >= 0.3 is 0 Å². The van der Waals surface area contributed by atoms with Gasteiger partial charge in [-0.25, -0.2) is 0 Å². The summed E-state index contributed by atoms with van der Waals surface area (Å²) in [5.41, 5.74) is 0. The van der Waals surface area contributed by atoms with Gasteiger partial charge in [-0.2, -0.15) is 0 Å². The first-order valence-electron chi connectivity index (χ1n) is 2.25. The van der Waals surface area contributed by atoms with Gasteiger partial charge in [0.05, 0.1) is 0 Å². The molecule has 0 aliphatic rings. The lowest BCUT2D eigenvalue weighted by molar-refractivity contribution is 1.68. The second-order valence-electron chi connectivity index (χ2n) is 1.17. The first kappa shape index (κ1) is 7.21. The molecule has 0 rings (SSSR count). The summed E-state index contributed by atoms with van der Waals surface area (Å²) in [7, 11) is 0. The first-order chi connectivity index (χ1) is 3.31. The molecule has 0 saturated heterocycles. The third-order valence-corrected chi connectivity index (χ3v) is 1.58. The number of hydrogen-bond donors (Lipinski definition) is 0. The maximum Gasteiger partial charge on any atom is 0.00839 e. The van der Waals surface area contributed by atoms with Crippen molar-refractivity contribution < 1.29 is 0 Å². The molecule has 0 heterocycles. The Morgan fingerprint density at radius 1 is 1.43 bits per heavy atom. The van der Waals surface area contributed by atoms with Crippen molar-refractivity contribution in [3.63, 3.8) is 0 Å². The van der Waals surface area contributed by atoms with Crippen LogP contribution in [-0.4, -0.2) is 0 Å². The van der Waals surface area contributed by atoms with Gasteiger partial charge in [-0.3, -0.25) is 0 Å². The second-order valence-corrected chi connectivity index (χ2v) is 2.42. The summed E-state index contributed by atoms with van der Waals surface area (Å²) >= 11 is 2.28. The largest absolute Gasteiger partial charge is 0.0866 e. The molecule has 0 amide bonds. The SMILES string of the molecule is C/C=C(I)/C=C/C. The summed E-state index contributed by atoms with van der Waals surface area (Å²) in [5.74, 6) is 0. The lowest BCUT2D eigenvalue weighted by Gasteiger charge is -1.78. The Morgan fingerprint density at radius 2 is 2.00 bits per heavy atom. The standard InChI is InChI=1S/C6H9I/c1-3-5-6(7)4-2/h3-5H,1-2H3/b5-3+,6-4-. The van der Waals surface area contributed by atoms with Gasteiger partial charge in [0.25, 0.3) is 0 Å². The molecule has 0 unspecified atom stereocenters. The minimum atomic E-state index is 1.29. The molecule has 0 saturated carbocycles.